The van der Waals surface area contributed by atoms with Crippen LogP contribution in [0.4, 0.5) is 0 Å². The average Bonchev–Trinajstić information content (AvgIpc) is 2.47. The Morgan fingerprint density at radius 1 is 1.73 bits per heavy atom. The first-order chi connectivity index (χ1) is 5.38. The van der Waals surface area contributed by atoms with E-state index in [2.05, 4.69) is 24.7 Å². The second-order valence-electron chi connectivity index (χ2n) is 2.48. The maximum atomic E-state index is 4.19. The van der Waals surface area contributed by atoms with Crippen molar-refractivity contribution in [3.05, 3.63) is 30.6 Å². The maximum absolute atomic E-state index is 4.19. The molecule has 0 aromatic carbocycles. The first-order valence-electron chi connectivity index (χ1n) is 4.00. The van der Waals surface area contributed by atoms with Gasteiger partial charge in [0.05, 0.1) is 0 Å². The van der Waals surface area contributed by atoms with E-state index < -0.39 is 0 Å². The van der Waals surface area contributed by atoms with Gasteiger partial charge < -0.3 is 0 Å². The summed E-state index contributed by atoms with van der Waals surface area (Å²) in [6, 6.07) is 2.06. The van der Waals surface area contributed by atoms with E-state index in [4.69, 9.17) is 0 Å². The lowest BCUT2D eigenvalue weighted by Gasteiger charge is -2.02. The molecule has 0 amide bonds. The first kappa shape index (κ1) is 8.05. The Morgan fingerprint density at radius 3 is 3.18 bits per heavy atom. The van der Waals surface area contributed by atoms with Crippen LogP contribution in [0.3, 0.4) is 0 Å². The summed E-state index contributed by atoms with van der Waals surface area (Å²) in [5, 5.41) is 4.19. The van der Waals surface area contributed by atoms with Crippen molar-refractivity contribution in [3.63, 3.8) is 0 Å². The molecule has 0 aliphatic heterocycles. The number of hydrogen-bond donors (Lipinski definition) is 0. The summed E-state index contributed by atoms with van der Waals surface area (Å²) in [5.41, 5.74) is 1.30. The molecule has 1 rings (SSSR count). The fourth-order valence-corrected chi connectivity index (χ4v) is 1.08. The topological polar surface area (TPSA) is 17.8 Å². The van der Waals surface area contributed by atoms with E-state index in [0.29, 0.717) is 0 Å². The van der Waals surface area contributed by atoms with Crippen molar-refractivity contribution in [2.75, 3.05) is 0 Å². The molecular weight excluding hydrogens is 136 g/mol. The molecule has 1 heterocycles. The predicted molar refractivity (Wildman–Crippen MR) is 46.4 cm³/mol. The van der Waals surface area contributed by atoms with Crippen molar-refractivity contribution in [1.82, 2.24) is 9.78 Å². The van der Waals surface area contributed by atoms with Crippen molar-refractivity contribution in [2.45, 2.75) is 26.3 Å². The lowest BCUT2D eigenvalue weighted by atomic mass is 10.3. The van der Waals surface area contributed by atoms with E-state index in [1.165, 1.54) is 5.69 Å². The van der Waals surface area contributed by atoms with E-state index in [1.807, 2.05) is 17.0 Å². The van der Waals surface area contributed by atoms with Gasteiger partial charge in [0, 0.05) is 18.4 Å². The highest BCUT2D eigenvalue weighted by Gasteiger charge is 1.96. The Bertz CT molecular complexity index is 225. The van der Waals surface area contributed by atoms with Crippen LogP contribution in [0.5, 0.6) is 0 Å². The molecule has 1 aromatic rings. The lowest BCUT2D eigenvalue weighted by molar-refractivity contribution is 0.595. The molecule has 0 spiro atoms. The lowest BCUT2D eigenvalue weighted by Crippen LogP contribution is -2.02. The van der Waals surface area contributed by atoms with E-state index in [1.54, 1.807) is 0 Å². The zero-order chi connectivity index (χ0) is 8.10. The highest BCUT2D eigenvalue weighted by atomic mass is 15.3. The van der Waals surface area contributed by atoms with Gasteiger partial charge in [0.2, 0.25) is 0 Å². The first-order valence-corrected chi connectivity index (χ1v) is 4.00. The van der Waals surface area contributed by atoms with Crippen molar-refractivity contribution < 1.29 is 0 Å². The van der Waals surface area contributed by atoms with Gasteiger partial charge in [-0.3, -0.25) is 4.68 Å². The van der Waals surface area contributed by atoms with Crippen LogP contribution >= 0.6 is 0 Å². The number of allylic oxidation sites excluding steroid dienone is 1. The number of nitrogens with zero attached hydrogens (tertiary/aromatic N) is 2. The molecule has 0 bridgehead atoms. The van der Waals surface area contributed by atoms with Crippen molar-refractivity contribution in [1.29, 1.82) is 0 Å². The van der Waals surface area contributed by atoms with Crippen molar-refractivity contribution >= 4 is 0 Å². The van der Waals surface area contributed by atoms with E-state index >= 15 is 0 Å². The maximum Gasteiger partial charge on any atom is 0.0492 e. The van der Waals surface area contributed by atoms with E-state index in [9.17, 15) is 0 Å². The number of aryl methyl sites for hydroxylation is 2. The van der Waals surface area contributed by atoms with E-state index in [-0.39, 0.29) is 0 Å². The molecule has 0 aliphatic rings. The third kappa shape index (κ3) is 1.93. The van der Waals surface area contributed by atoms with Crippen LogP contribution in [-0.4, -0.2) is 9.78 Å². The van der Waals surface area contributed by atoms with Crippen LogP contribution in [0, 0.1) is 0 Å². The Labute approximate surface area is 67.5 Å². The summed E-state index contributed by atoms with van der Waals surface area (Å²) in [6.07, 6.45) is 5.81. The monoisotopic (exact) mass is 150 g/mol. The van der Waals surface area contributed by atoms with Gasteiger partial charge in [-0.15, -0.1) is 6.58 Å². The zero-order valence-electron chi connectivity index (χ0n) is 6.95. The molecule has 2 heteroatoms. The highest BCUT2D eigenvalue weighted by Crippen LogP contribution is 2.00. The SMILES string of the molecule is C=CCCn1nccc1CC. The Morgan fingerprint density at radius 2 is 2.55 bits per heavy atom. The molecule has 0 fully saturated rings. The third-order valence-electron chi connectivity index (χ3n) is 1.71. The smallest absolute Gasteiger partial charge is 0.0492 e. The van der Waals surface area contributed by atoms with Crippen LogP contribution in [-0.2, 0) is 13.0 Å². The summed E-state index contributed by atoms with van der Waals surface area (Å²) in [4.78, 5) is 0. The average molecular weight is 150 g/mol. The fourth-order valence-electron chi connectivity index (χ4n) is 1.08. The molecule has 0 aliphatic carbocycles. The summed E-state index contributed by atoms with van der Waals surface area (Å²) < 4.78 is 2.03. The van der Waals surface area contributed by atoms with Gasteiger partial charge in [-0.25, -0.2) is 0 Å². The van der Waals surface area contributed by atoms with Gasteiger partial charge in [-0.1, -0.05) is 13.0 Å². The second kappa shape index (κ2) is 3.96. The Kier molecular flexibility index (Phi) is 2.90. The molecule has 0 N–H and O–H groups in total. The summed E-state index contributed by atoms with van der Waals surface area (Å²) >= 11 is 0. The van der Waals surface area contributed by atoms with E-state index in [0.717, 1.165) is 19.4 Å². The highest BCUT2D eigenvalue weighted by molar-refractivity contribution is 4.99. The molecule has 0 unspecified atom stereocenters. The van der Waals surface area contributed by atoms with Gasteiger partial charge >= 0.3 is 0 Å². The molecule has 1 aromatic heterocycles. The summed E-state index contributed by atoms with van der Waals surface area (Å²) in [6.45, 7) is 6.77. The molecule has 60 valence electrons. The molecular formula is C9H14N2. The van der Waals surface area contributed by atoms with Gasteiger partial charge in [-0.05, 0) is 18.9 Å². The normalized spacial score (nSPS) is 9.91. The van der Waals surface area contributed by atoms with Crippen LogP contribution in [0.15, 0.2) is 24.9 Å². The molecule has 0 saturated heterocycles. The molecule has 2 nitrogen and oxygen atoms in total. The van der Waals surface area contributed by atoms with Crippen LogP contribution in [0.2, 0.25) is 0 Å². The fraction of sp³-hybridized carbons (Fsp3) is 0.444. The minimum absolute atomic E-state index is 0.958. The minimum atomic E-state index is 0.958. The van der Waals surface area contributed by atoms with Gasteiger partial charge in [0.15, 0.2) is 0 Å². The summed E-state index contributed by atoms with van der Waals surface area (Å²) in [5.74, 6) is 0. The molecule has 0 saturated carbocycles. The van der Waals surface area contributed by atoms with Gasteiger partial charge in [-0.2, -0.15) is 5.10 Å². The quantitative estimate of drug-likeness (QED) is 0.600. The van der Waals surface area contributed by atoms with Crippen LogP contribution < -0.4 is 0 Å². The summed E-state index contributed by atoms with van der Waals surface area (Å²) in [7, 11) is 0. The predicted octanol–water partition coefficient (Wildman–Crippen LogP) is 2.02. The van der Waals surface area contributed by atoms with Gasteiger partial charge in [0.25, 0.3) is 0 Å². The molecule has 0 atom stereocenters. The van der Waals surface area contributed by atoms with Crippen molar-refractivity contribution in [2.24, 2.45) is 0 Å². The Hall–Kier alpha value is -1.05. The largest absolute Gasteiger partial charge is 0.269 e. The third-order valence-corrected chi connectivity index (χ3v) is 1.71. The zero-order valence-corrected chi connectivity index (χ0v) is 6.95. The number of hydrogen-bond acceptors (Lipinski definition) is 1. The standard InChI is InChI=1S/C9H14N2/c1-3-5-8-11-9(4-2)6-7-10-11/h3,6-7H,1,4-5,8H2,2H3. The van der Waals surface area contributed by atoms with Crippen LogP contribution in [0.1, 0.15) is 19.0 Å². The van der Waals surface area contributed by atoms with Crippen molar-refractivity contribution in [3.8, 4) is 0 Å². The second-order valence-corrected chi connectivity index (χ2v) is 2.48. The minimum Gasteiger partial charge on any atom is -0.269 e. The number of aromatic nitrogens is 2. The van der Waals surface area contributed by atoms with Crippen LogP contribution in [0.25, 0.3) is 0 Å². The molecule has 0 radical (unpaired) electrons. The molecule has 11 heavy (non-hydrogen) atoms. The van der Waals surface area contributed by atoms with Gasteiger partial charge in [0.1, 0.15) is 0 Å². The Balaban J connectivity index is 2.60. The number of rotatable bonds is 4.